The van der Waals surface area contributed by atoms with E-state index < -0.39 is 6.43 Å². The molecule has 2 aromatic rings. The molecule has 2 heterocycles. The van der Waals surface area contributed by atoms with E-state index in [-0.39, 0.29) is 5.69 Å². The normalized spacial score (nSPS) is 10.8. The van der Waals surface area contributed by atoms with E-state index in [1.165, 1.54) is 6.07 Å². The first-order valence-corrected chi connectivity index (χ1v) is 4.85. The molecule has 0 radical (unpaired) electrons. The Kier molecular flexibility index (Phi) is 2.90. The molecule has 0 N–H and O–H groups in total. The highest BCUT2D eigenvalue weighted by Gasteiger charge is 2.09. The number of rotatable bonds is 2. The first-order chi connectivity index (χ1) is 7.66. The average Bonchev–Trinajstić information content (AvgIpc) is 2.29. The summed E-state index contributed by atoms with van der Waals surface area (Å²) in [7, 11) is 0. The van der Waals surface area contributed by atoms with Crippen LogP contribution in [0, 0.1) is 6.92 Å². The van der Waals surface area contributed by atoms with Gasteiger partial charge in [0.25, 0.3) is 6.43 Å². The van der Waals surface area contributed by atoms with Crippen LogP contribution >= 0.6 is 0 Å². The van der Waals surface area contributed by atoms with Gasteiger partial charge in [0.15, 0.2) is 0 Å². The lowest BCUT2D eigenvalue weighted by Gasteiger charge is -2.04. The SMILES string of the molecule is Cc1cc(-c2cccc(C(F)F)n2)ccn1. The Hall–Kier alpha value is -1.84. The third kappa shape index (κ3) is 2.21. The van der Waals surface area contributed by atoms with Crippen molar-refractivity contribution >= 4 is 0 Å². The molecule has 0 aliphatic rings. The second-order valence-electron chi connectivity index (χ2n) is 3.43. The van der Waals surface area contributed by atoms with Gasteiger partial charge >= 0.3 is 0 Å². The zero-order valence-electron chi connectivity index (χ0n) is 8.69. The summed E-state index contributed by atoms with van der Waals surface area (Å²) in [6.45, 7) is 1.85. The van der Waals surface area contributed by atoms with Gasteiger partial charge in [-0.05, 0) is 31.2 Å². The second kappa shape index (κ2) is 4.35. The third-order valence-electron chi connectivity index (χ3n) is 2.19. The van der Waals surface area contributed by atoms with E-state index in [0.717, 1.165) is 11.3 Å². The Morgan fingerprint density at radius 3 is 2.69 bits per heavy atom. The highest BCUT2D eigenvalue weighted by molar-refractivity contribution is 5.59. The predicted molar refractivity (Wildman–Crippen MR) is 57.2 cm³/mol. The van der Waals surface area contributed by atoms with E-state index in [4.69, 9.17) is 0 Å². The van der Waals surface area contributed by atoms with Gasteiger partial charge < -0.3 is 0 Å². The molecule has 2 rings (SSSR count). The van der Waals surface area contributed by atoms with Crippen molar-refractivity contribution < 1.29 is 8.78 Å². The van der Waals surface area contributed by atoms with Crippen LogP contribution in [0.2, 0.25) is 0 Å². The molecular formula is C12H10F2N2. The zero-order chi connectivity index (χ0) is 11.5. The number of aromatic nitrogens is 2. The lowest BCUT2D eigenvalue weighted by Crippen LogP contribution is -1.92. The van der Waals surface area contributed by atoms with E-state index in [1.807, 2.05) is 13.0 Å². The molecule has 0 aliphatic carbocycles. The van der Waals surface area contributed by atoms with Crippen molar-refractivity contribution in [2.75, 3.05) is 0 Å². The largest absolute Gasteiger partial charge is 0.280 e. The van der Waals surface area contributed by atoms with Crippen LogP contribution in [0.4, 0.5) is 8.78 Å². The van der Waals surface area contributed by atoms with Gasteiger partial charge in [-0.25, -0.2) is 13.8 Å². The van der Waals surface area contributed by atoms with E-state index in [9.17, 15) is 8.78 Å². The lowest BCUT2D eigenvalue weighted by atomic mass is 10.1. The first-order valence-electron chi connectivity index (χ1n) is 4.85. The van der Waals surface area contributed by atoms with Gasteiger partial charge in [0.2, 0.25) is 0 Å². The minimum Gasteiger partial charge on any atom is -0.262 e. The van der Waals surface area contributed by atoms with Gasteiger partial charge in [-0.2, -0.15) is 0 Å². The molecule has 0 atom stereocenters. The number of alkyl halides is 2. The Labute approximate surface area is 92.0 Å². The summed E-state index contributed by atoms with van der Waals surface area (Å²) in [4.78, 5) is 7.95. The molecule has 82 valence electrons. The summed E-state index contributed by atoms with van der Waals surface area (Å²) < 4.78 is 24.9. The van der Waals surface area contributed by atoms with Crippen LogP contribution in [0.15, 0.2) is 36.5 Å². The summed E-state index contributed by atoms with van der Waals surface area (Å²) >= 11 is 0. The second-order valence-corrected chi connectivity index (χ2v) is 3.43. The Bertz CT molecular complexity index is 498. The fourth-order valence-corrected chi connectivity index (χ4v) is 1.44. The zero-order valence-corrected chi connectivity index (χ0v) is 8.69. The highest BCUT2D eigenvalue weighted by atomic mass is 19.3. The number of aryl methyl sites for hydroxylation is 1. The van der Waals surface area contributed by atoms with Crippen molar-refractivity contribution in [1.82, 2.24) is 9.97 Å². The molecule has 2 nitrogen and oxygen atoms in total. The van der Waals surface area contributed by atoms with Crippen LogP contribution in [-0.2, 0) is 0 Å². The van der Waals surface area contributed by atoms with Gasteiger partial charge in [-0.15, -0.1) is 0 Å². The Morgan fingerprint density at radius 1 is 1.19 bits per heavy atom. The number of nitrogens with zero attached hydrogens (tertiary/aromatic N) is 2. The number of halogens is 2. The van der Waals surface area contributed by atoms with Crippen molar-refractivity contribution in [3.05, 3.63) is 47.9 Å². The van der Waals surface area contributed by atoms with Crippen LogP contribution in [-0.4, -0.2) is 9.97 Å². The van der Waals surface area contributed by atoms with E-state index >= 15 is 0 Å². The maximum absolute atomic E-state index is 12.5. The van der Waals surface area contributed by atoms with Crippen LogP contribution in [0.5, 0.6) is 0 Å². The number of pyridine rings is 2. The van der Waals surface area contributed by atoms with Gasteiger partial charge in [0.05, 0.1) is 5.69 Å². The Morgan fingerprint density at radius 2 is 2.00 bits per heavy atom. The summed E-state index contributed by atoms with van der Waals surface area (Å²) in [5, 5.41) is 0. The van der Waals surface area contributed by atoms with Gasteiger partial charge in [0.1, 0.15) is 5.69 Å². The molecule has 0 aliphatic heterocycles. The lowest BCUT2D eigenvalue weighted by molar-refractivity contribution is 0.146. The molecule has 0 aromatic carbocycles. The molecule has 0 spiro atoms. The minimum absolute atomic E-state index is 0.202. The van der Waals surface area contributed by atoms with Gasteiger partial charge in [0, 0.05) is 17.5 Å². The van der Waals surface area contributed by atoms with E-state index in [0.29, 0.717) is 5.69 Å². The quantitative estimate of drug-likeness (QED) is 0.775. The Balaban J connectivity index is 2.44. The molecule has 0 amide bonds. The summed E-state index contributed by atoms with van der Waals surface area (Å²) in [5.41, 5.74) is 1.98. The molecule has 16 heavy (non-hydrogen) atoms. The molecular weight excluding hydrogens is 210 g/mol. The van der Waals surface area contributed by atoms with Crippen molar-refractivity contribution in [1.29, 1.82) is 0 Å². The maximum atomic E-state index is 12.5. The molecule has 0 unspecified atom stereocenters. The minimum atomic E-state index is -2.54. The van der Waals surface area contributed by atoms with E-state index in [2.05, 4.69) is 9.97 Å². The van der Waals surface area contributed by atoms with E-state index in [1.54, 1.807) is 24.4 Å². The number of hydrogen-bond donors (Lipinski definition) is 0. The average molecular weight is 220 g/mol. The van der Waals surface area contributed by atoms with Crippen molar-refractivity contribution in [3.8, 4) is 11.3 Å². The van der Waals surface area contributed by atoms with Gasteiger partial charge in [-0.1, -0.05) is 6.07 Å². The number of hydrogen-bond acceptors (Lipinski definition) is 2. The van der Waals surface area contributed by atoms with Crippen molar-refractivity contribution in [3.63, 3.8) is 0 Å². The van der Waals surface area contributed by atoms with Gasteiger partial charge in [-0.3, -0.25) is 4.98 Å². The predicted octanol–water partition coefficient (Wildman–Crippen LogP) is 3.39. The van der Waals surface area contributed by atoms with Crippen LogP contribution in [0.3, 0.4) is 0 Å². The highest BCUT2D eigenvalue weighted by Crippen LogP contribution is 2.21. The van der Waals surface area contributed by atoms with Crippen molar-refractivity contribution in [2.45, 2.75) is 13.3 Å². The fourth-order valence-electron chi connectivity index (χ4n) is 1.44. The molecule has 0 saturated carbocycles. The fraction of sp³-hybridized carbons (Fsp3) is 0.167. The van der Waals surface area contributed by atoms with Crippen molar-refractivity contribution in [2.24, 2.45) is 0 Å². The molecule has 0 fully saturated rings. The summed E-state index contributed by atoms with van der Waals surface area (Å²) in [5.74, 6) is 0. The van der Waals surface area contributed by atoms with Crippen LogP contribution in [0.25, 0.3) is 11.3 Å². The molecule has 0 bridgehead atoms. The summed E-state index contributed by atoms with van der Waals surface area (Å²) in [6.07, 6.45) is -0.899. The van der Waals surface area contributed by atoms with Crippen LogP contribution in [0.1, 0.15) is 17.8 Å². The summed E-state index contributed by atoms with van der Waals surface area (Å²) in [6, 6.07) is 8.19. The smallest absolute Gasteiger partial charge is 0.262 e. The first kappa shape index (κ1) is 10.7. The third-order valence-corrected chi connectivity index (χ3v) is 2.19. The topological polar surface area (TPSA) is 25.8 Å². The maximum Gasteiger partial charge on any atom is 0.280 e. The molecule has 0 saturated heterocycles. The molecule has 2 aromatic heterocycles. The molecule has 4 heteroatoms. The standard InChI is InChI=1S/C12H10F2N2/c1-8-7-9(5-6-15-8)10-3-2-4-11(16-10)12(13)14/h2-7,12H,1H3. The monoisotopic (exact) mass is 220 g/mol. The van der Waals surface area contributed by atoms with Crippen LogP contribution < -0.4 is 0 Å².